The first-order valence-electron chi connectivity index (χ1n) is 4.80. The average molecular weight is 238 g/mol. The van der Waals surface area contributed by atoms with Gasteiger partial charge in [0.15, 0.2) is 5.82 Å². The minimum Gasteiger partial charge on any atom is -0.382 e. The van der Waals surface area contributed by atoms with Crippen LogP contribution in [0.1, 0.15) is 5.69 Å². The highest BCUT2D eigenvalue weighted by Crippen LogP contribution is 2.29. The highest BCUT2D eigenvalue weighted by Gasteiger charge is 2.12. The van der Waals surface area contributed by atoms with E-state index in [1.54, 1.807) is 7.11 Å². The van der Waals surface area contributed by atoms with E-state index in [4.69, 9.17) is 22.1 Å². The molecule has 0 aliphatic carbocycles. The maximum absolute atomic E-state index is 5.94. The van der Waals surface area contributed by atoms with Crippen molar-refractivity contribution >= 4 is 17.4 Å². The summed E-state index contributed by atoms with van der Waals surface area (Å²) in [5, 5.41) is 7.49. The fourth-order valence-corrected chi connectivity index (χ4v) is 1.80. The van der Waals surface area contributed by atoms with Crippen LogP contribution in [0.2, 0.25) is 5.02 Å². The fourth-order valence-electron chi connectivity index (χ4n) is 1.61. The molecule has 2 aromatic rings. The number of ether oxygens (including phenoxy) is 1. The molecular weight excluding hydrogens is 226 g/mol. The molecule has 16 heavy (non-hydrogen) atoms. The molecular formula is C11H12ClN3O. The molecule has 1 heterocycles. The number of aromatic nitrogens is 2. The Morgan fingerprint density at radius 3 is 3.00 bits per heavy atom. The quantitative estimate of drug-likeness (QED) is 0.862. The van der Waals surface area contributed by atoms with Crippen LogP contribution in [0, 0.1) is 0 Å². The third-order valence-corrected chi connectivity index (χ3v) is 2.51. The van der Waals surface area contributed by atoms with Crippen molar-refractivity contribution in [1.82, 2.24) is 10.2 Å². The van der Waals surface area contributed by atoms with E-state index >= 15 is 0 Å². The van der Waals surface area contributed by atoms with E-state index in [1.165, 1.54) is 0 Å². The van der Waals surface area contributed by atoms with Gasteiger partial charge in [-0.25, -0.2) is 0 Å². The van der Waals surface area contributed by atoms with Crippen molar-refractivity contribution < 1.29 is 4.74 Å². The van der Waals surface area contributed by atoms with E-state index in [-0.39, 0.29) is 0 Å². The number of aromatic amines is 1. The van der Waals surface area contributed by atoms with Gasteiger partial charge in [0.05, 0.1) is 12.3 Å². The molecule has 0 amide bonds. The van der Waals surface area contributed by atoms with Crippen LogP contribution in [-0.2, 0) is 11.3 Å². The zero-order valence-corrected chi connectivity index (χ0v) is 9.58. The molecule has 0 aliphatic rings. The molecule has 4 nitrogen and oxygen atoms in total. The minimum atomic E-state index is 0.437. The number of nitrogens with two attached hydrogens (primary N) is 1. The molecule has 3 N–H and O–H groups in total. The molecule has 0 fully saturated rings. The van der Waals surface area contributed by atoms with Gasteiger partial charge in [0.25, 0.3) is 0 Å². The van der Waals surface area contributed by atoms with Crippen molar-refractivity contribution in [2.75, 3.05) is 12.8 Å². The van der Waals surface area contributed by atoms with Crippen molar-refractivity contribution in [3.63, 3.8) is 0 Å². The van der Waals surface area contributed by atoms with Gasteiger partial charge in [0.2, 0.25) is 0 Å². The number of H-pyrrole nitrogens is 1. The predicted molar refractivity (Wildman–Crippen MR) is 64.2 cm³/mol. The summed E-state index contributed by atoms with van der Waals surface area (Å²) in [6, 6.07) is 7.48. The summed E-state index contributed by atoms with van der Waals surface area (Å²) in [7, 11) is 1.62. The van der Waals surface area contributed by atoms with Crippen LogP contribution in [-0.4, -0.2) is 17.3 Å². The van der Waals surface area contributed by atoms with Crippen molar-refractivity contribution in [2.24, 2.45) is 0 Å². The van der Waals surface area contributed by atoms with E-state index < -0.39 is 0 Å². The van der Waals surface area contributed by atoms with E-state index in [9.17, 15) is 0 Å². The molecule has 1 aromatic heterocycles. The van der Waals surface area contributed by atoms with Gasteiger partial charge >= 0.3 is 0 Å². The fraction of sp³-hybridized carbons (Fsp3) is 0.182. The summed E-state index contributed by atoms with van der Waals surface area (Å²) in [5.41, 5.74) is 8.45. The lowest BCUT2D eigenvalue weighted by Crippen LogP contribution is -1.92. The number of nitrogens with one attached hydrogen (secondary N) is 1. The van der Waals surface area contributed by atoms with Gasteiger partial charge in [-0.1, -0.05) is 23.7 Å². The van der Waals surface area contributed by atoms with E-state index in [0.29, 0.717) is 17.4 Å². The lowest BCUT2D eigenvalue weighted by molar-refractivity contribution is 0.182. The normalized spacial score (nSPS) is 10.6. The van der Waals surface area contributed by atoms with Gasteiger partial charge in [-0.05, 0) is 17.7 Å². The Morgan fingerprint density at radius 2 is 2.31 bits per heavy atom. The van der Waals surface area contributed by atoms with Crippen molar-refractivity contribution in [3.8, 4) is 11.1 Å². The Bertz CT molecular complexity index is 496. The molecule has 0 bridgehead atoms. The summed E-state index contributed by atoms with van der Waals surface area (Å²) in [4.78, 5) is 0. The highest BCUT2D eigenvalue weighted by molar-refractivity contribution is 6.30. The highest BCUT2D eigenvalue weighted by atomic mass is 35.5. The zero-order valence-electron chi connectivity index (χ0n) is 8.83. The van der Waals surface area contributed by atoms with Gasteiger partial charge in [-0.2, -0.15) is 5.10 Å². The lowest BCUT2D eigenvalue weighted by atomic mass is 10.1. The Balaban J connectivity index is 2.50. The number of benzene rings is 1. The smallest absolute Gasteiger partial charge is 0.153 e. The zero-order chi connectivity index (χ0) is 11.5. The van der Waals surface area contributed by atoms with Crippen molar-refractivity contribution in [1.29, 1.82) is 0 Å². The first-order valence-corrected chi connectivity index (χ1v) is 5.17. The number of nitrogen functional groups attached to an aromatic ring is 1. The molecule has 0 spiro atoms. The topological polar surface area (TPSA) is 63.9 Å². The molecule has 0 saturated carbocycles. The SMILES string of the molecule is COCc1[nH]nc(N)c1-c1cccc(Cl)c1. The second-order valence-electron chi connectivity index (χ2n) is 3.41. The van der Waals surface area contributed by atoms with Crippen LogP contribution >= 0.6 is 11.6 Å². The Labute approximate surface area is 98.4 Å². The molecule has 5 heteroatoms. The first-order chi connectivity index (χ1) is 7.72. The van der Waals surface area contributed by atoms with Crippen LogP contribution in [0.5, 0.6) is 0 Å². The molecule has 0 atom stereocenters. The van der Waals surface area contributed by atoms with Gasteiger partial charge < -0.3 is 10.5 Å². The van der Waals surface area contributed by atoms with Crippen LogP contribution in [0.4, 0.5) is 5.82 Å². The van der Waals surface area contributed by atoms with E-state index in [2.05, 4.69) is 10.2 Å². The number of methoxy groups -OCH3 is 1. The lowest BCUT2D eigenvalue weighted by Gasteiger charge is -2.04. The summed E-state index contributed by atoms with van der Waals surface area (Å²) in [6.45, 7) is 0.437. The molecule has 2 rings (SSSR count). The van der Waals surface area contributed by atoms with Gasteiger partial charge in [0, 0.05) is 17.7 Å². The van der Waals surface area contributed by atoms with Crippen LogP contribution in [0.15, 0.2) is 24.3 Å². The van der Waals surface area contributed by atoms with E-state index in [0.717, 1.165) is 16.8 Å². The number of hydrogen-bond acceptors (Lipinski definition) is 3. The summed E-state index contributed by atoms with van der Waals surface area (Å²) < 4.78 is 5.07. The maximum Gasteiger partial charge on any atom is 0.153 e. The largest absolute Gasteiger partial charge is 0.382 e. The molecule has 0 aliphatic heterocycles. The Kier molecular flexibility index (Phi) is 3.12. The Morgan fingerprint density at radius 1 is 1.50 bits per heavy atom. The Hall–Kier alpha value is -1.52. The summed E-state index contributed by atoms with van der Waals surface area (Å²) >= 11 is 5.94. The number of rotatable bonds is 3. The molecule has 0 saturated heterocycles. The van der Waals surface area contributed by atoms with E-state index in [1.807, 2.05) is 24.3 Å². The van der Waals surface area contributed by atoms with Crippen LogP contribution in [0.25, 0.3) is 11.1 Å². The third kappa shape index (κ3) is 2.03. The molecule has 0 radical (unpaired) electrons. The van der Waals surface area contributed by atoms with Gasteiger partial charge in [-0.15, -0.1) is 0 Å². The maximum atomic E-state index is 5.94. The van der Waals surface area contributed by atoms with Crippen molar-refractivity contribution in [3.05, 3.63) is 35.0 Å². The average Bonchev–Trinajstić information content (AvgIpc) is 2.60. The van der Waals surface area contributed by atoms with Crippen LogP contribution in [0.3, 0.4) is 0 Å². The number of halogens is 1. The monoisotopic (exact) mass is 237 g/mol. The molecule has 84 valence electrons. The molecule has 0 unspecified atom stereocenters. The standard InChI is InChI=1S/C11H12ClN3O/c1-16-6-9-10(11(13)15-14-9)7-3-2-4-8(12)5-7/h2-5H,6H2,1H3,(H3,13,14,15). The second kappa shape index (κ2) is 4.55. The minimum absolute atomic E-state index is 0.437. The third-order valence-electron chi connectivity index (χ3n) is 2.27. The van der Waals surface area contributed by atoms with Gasteiger partial charge in [-0.3, -0.25) is 5.10 Å². The second-order valence-corrected chi connectivity index (χ2v) is 3.84. The summed E-state index contributed by atoms with van der Waals surface area (Å²) in [5.74, 6) is 0.453. The summed E-state index contributed by atoms with van der Waals surface area (Å²) in [6.07, 6.45) is 0. The number of nitrogens with zero attached hydrogens (tertiary/aromatic N) is 1. The van der Waals surface area contributed by atoms with Crippen molar-refractivity contribution in [2.45, 2.75) is 6.61 Å². The predicted octanol–water partition coefficient (Wildman–Crippen LogP) is 2.46. The number of anilines is 1. The molecule has 1 aromatic carbocycles. The number of hydrogen-bond donors (Lipinski definition) is 2. The van der Waals surface area contributed by atoms with Crippen LogP contribution < -0.4 is 5.73 Å². The van der Waals surface area contributed by atoms with Gasteiger partial charge in [0.1, 0.15) is 0 Å². The first kappa shape index (κ1) is 11.0.